The lowest BCUT2D eigenvalue weighted by Crippen LogP contribution is -2.17. The molecule has 0 saturated heterocycles. The van der Waals surface area contributed by atoms with Gasteiger partial charge >= 0.3 is 0 Å². The van der Waals surface area contributed by atoms with E-state index in [1.807, 2.05) is 18.7 Å². The molecule has 0 aliphatic carbocycles. The highest BCUT2D eigenvalue weighted by molar-refractivity contribution is 7.98. The van der Waals surface area contributed by atoms with Crippen molar-refractivity contribution in [3.8, 4) is 10.6 Å². The Balaban J connectivity index is 1.93. The van der Waals surface area contributed by atoms with E-state index in [0.29, 0.717) is 0 Å². The van der Waals surface area contributed by atoms with Crippen LogP contribution in [0.25, 0.3) is 10.6 Å². The zero-order valence-corrected chi connectivity index (χ0v) is 11.5. The highest BCUT2D eigenvalue weighted by atomic mass is 32.2. The number of aromatic nitrogens is 1. The maximum atomic E-state index is 5.70. The van der Waals surface area contributed by atoms with Crippen molar-refractivity contribution in [1.29, 1.82) is 0 Å². The van der Waals surface area contributed by atoms with E-state index < -0.39 is 0 Å². The van der Waals surface area contributed by atoms with Crippen LogP contribution in [0.1, 0.15) is 12.6 Å². The summed E-state index contributed by atoms with van der Waals surface area (Å²) in [6.07, 6.45) is 0. The molecule has 2 heterocycles. The summed E-state index contributed by atoms with van der Waals surface area (Å²) in [7, 11) is 0. The second-order valence-electron chi connectivity index (χ2n) is 3.65. The van der Waals surface area contributed by atoms with Gasteiger partial charge in [0.15, 0.2) is 0 Å². The molecule has 1 unspecified atom stereocenters. The number of thiophene rings is 1. The molecule has 0 radical (unpaired) electrons. The highest BCUT2D eigenvalue weighted by Crippen LogP contribution is 2.27. The molecule has 2 nitrogen and oxygen atoms in total. The third-order valence-electron chi connectivity index (χ3n) is 1.95. The van der Waals surface area contributed by atoms with E-state index >= 15 is 0 Å². The van der Waals surface area contributed by atoms with E-state index in [1.54, 1.807) is 22.7 Å². The molecule has 0 aliphatic rings. The minimum absolute atomic E-state index is 0.264. The predicted molar refractivity (Wildman–Crippen MR) is 75.2 cm³/mol. The molecule has 16 heavy (non-hydrogen) atoms. The first-order valence-electron chi connectivity index (χ1n) is 5.06. The van der Waals surface area contributed by atoms with Crippen molar-refractivity contribution in [2.75, 3.05) is 5.75 Å². The van der Waals surface area contributed by atoms with Crippen LogP contribution in [-0.4, -0.2) is 16.8 Å². The fraction of sp³-hybridized carbons (Fsp3) is 0.364. The van der Waals surface area contributed by atoms with Crippen molar-refractivity contribution in [3.63, 3.8) is 0 Å². The van der Waals surface area contributed by atoms with E-state index in [-0.39, 0.29) is 6.04 Å². The normalized spacial score (nSPS) is 12.9. The molecule has 0 spiro atoms. The van der Waals surface area contributed by atoms with E-state index in [4.69, 9.17) is 5.73 Å². The molecule has 0 bridgehead atoms. The smallest absolute Gasteiger partial charge is 0.124 e. The molecule has 2 aromatic heterocycles. The van der Waals surface area contributed by atoms with Crippen molar-refractivity contribution in [3.05, 3.63) is 27.9 Å². The van der Waals surface area contributed by atoms with Crippen LogP contribution in [0.15, 0.2) is 22.2 Å². The number of nitrogens with zero attached hydrogens (tertiary/aromatic N) is 1. The second-order valence-corrected chi connectivity index (χ2v) is 6.32. The average molecular weight is 270 g/mol. The Morgan fingerprint density at radius 3 is 3.06 bits per heavy atom. The molecule has 86 valence electrons. The minimum Gasteiger partial charge on any atom is -0.327 e. The second kappa shape index (κ2) is 5.82. The lowest BCUT2D eigenvalue weighted by Gasteiger charge is -2.02. The number of hydrogen-bond acceptors (Lipinski definition) is 5. The van der Waals surface area contributed by atoms with Crippen LogP contribution in [0.3, 0.4) is 0 Å². The Labute approximate surface area is 108 Å². The zero-order valence-electron chi connectivity index (χ0n) is 9.05. The molecule has 1 atom stereocenters. The Morgan fingerprint density at radius 2 is 2.38 bits per heavy atom. The van der Waals surface area contributed by atoms with Gasteiger partial charge in [-0.3, -0.25) is 0 Å². The molecule has 2 N–H and O–H groups in total. The van der Waals surface area contributed by atoms with Gasteiger partial charge in [0.1, 0.15) is 5.01 Å². The summed E-state index contributed by atoms with van der Waals surface area (Å²) >= 11 is 5.27. The number of nitrogens with two attached hydrogens (primary N) is 1. The van der Waals surface area contributed by atoms with Gasteiger partial charge in [0, 0.05) is 33.9 Å². The van der Waals surface area contributed by atoms with Crippen molar-refractivity contribution in [2.24, 2.45) is 5.73 Å². The van der Waals surface area contributed by atoms with Crippen molar-refractivity contribution in [2.45, 2.75) is 18.7 Å². The summed E-state index contributed by atoms with van der Waals surface area (Å²) in [5.41, 5.74) is 8.10. The number of hydrogen-bond donors (Lipinski definition) is 1. The van der Waals surface area contributed by atoms with E-state index in [2.05, 4.69) is 27.2 Å². The summed E-state index contributed by atoms with van der Waals surface area (Å²) in [5.74, 6) is 1.95. The fourth-order valence-corrected chi connectivity index (χ4v) is 3.73. The molecule has 5 heteroatoms. The van der Waals surface area contributed by atoms with Crippen LogP contribution in [0.2, 0.25) is 0 Å². The maximum absolute atomic E-state index is 5.70. The van der Waals surface area contributed by atoms with Gasteiger partial charge in [0.25, 0.3) is 0 Å². The number of thioether (sulfide) groups is 1. The highest BCUT2D eigenvalue weighted by Gasteiger charge is 2.05. The van der Waals surface area contributed by atoms with Gasteiger partial charge in [0.05, 0.1) is 5.69 Å². The van der Waals surface area contributed by atoms with Crippen LogP contribution in [0.4, 0.5) is 0 Å². The minimum atomic E-state index is 0.264. The Hall–Kier alpha value is -0.360. The molecule has 2 rings (SSSR count). The molecule has 0 saturated carbocycles. The quantitative estimate of drug-likeness (QED) is 0.904. The summed E-state index contributed by atoms with van der Waals surface area (Å²) in [5, 5.41) is 7.48. The monoisotopic (exact) mass is 270 g/mol. The van der Waals surface area contributed by atoms with Crippen molar-refractivity contribution < 1.29 is 0 Å². The van der Waals surface area contributed by atoms with Crippen LogP contribution >= 0.6 is 34.4 Å². The summed E-state index contributed by atoms with van der Waals surface area (Å²) < 4.78 is 0. The lowest BCUT2D eigenvalue weighted by molar-refractivity contribution is 0.847. The third-order valence-corrected chi connectivity index (χ3v) is 4.84. The van der Waals surface area contributed by atoms with Crippen LogP contribution in [0, 0.1) is 0 Å². The van der Waals surface area contributed by atoms with Crippen molar-refractivity contribution >= 4 is 34.4 Å². The summed E-state index contributed by atoms with van der Waals surface area (Å²) in [6, 6.07) is 2.38. The third kappa shape index (κ3) is 3.31. The van der Waals surface area contributed by atoms with E-state index in [1.165, 1.54) is 5.56 Å². The van der Waals surface area contributed by atoms with Crippen LogP contribution in [-0.2, 0) is 5.75 Å². The maximum Gasteiger partial charge on any atom is 0.124 e. The molecule has 0 aromatic carbocycles. The first-order valence-corrected chi connectivity index (χ1v) is 8.03. The molecule has 0 amide bonds. The van der Waals surface area contributed by atoms with Gasteiger partial charge < -0.3 is 5.73 Å². The van der Waals surface area contributed by atoms with Gasteiger partial charge in [-0.2, -0.15) is 23.1 Å². The summed E-state index contributed by atoms with van der Waals surface area (Å²) in [6.45, 7) is 2.03. The Bertz CT molecular complexity index is 420. The average Bonchev–Trinajstić information content (AvgIpc) is 2.85. The molecule has 2 aromatic rings. The predicted octanol–water partition coefficient (Wildman–Crippen LogP) is 3.45. The molecule has 0 fully saturated rings. The van der Waals surface area contributed by atoms with Crippen LogP contribution in [0.5, 0.6) is 0 Å². The van der Waals surface area contributed by atoms with Gasteiger partial charge in [-0.25, -0.2) is 4.98 Å². The van der Waals surface area contributed by atoms with Crippen molar-refractivity contribution in [1.82, 2.24) is 4.98 Å². The topological polar surface area (TPSA) is 38.9 Å². The van der Waals surface area contributed by atoms with Crippen LogP contribution < -0.4 is 5.73 Å². The van der Waals surface area contributed by atoms with Gasteiger partial charge in [0.2, 0.25) is 0 Å². The van der Waals surface area contributed by atoms with Gasteiger partial charge in [-0.05, 0) is 18.4 Å². The van der Waals surface area contributed by atoms with E-state index in [0.717, 1.165) is 22.2 Å². The summed E-state index contributed by atoms with van der Waals surface area (Å²) in [4.78, 5) is 4.61. The lowest BCUT2D eigenvalue weighted by atomic mass is 10.4. The molecular weight excluding hydrogens is 256 g/mol. The van der Waals surface area contributed by atoms with Gasteiger partial charge in [-0.1, -0.05) is 0 Å². The first kappa shape index (κ1) is 12.1. The molecular formula is C11H14N2S3. The Kier molecular flexibility index (Phi) is 4.40. The largest absolute Gasteiger partial charge is 0.327 e. The Morgan fingerprint density at radius 1 is 1.50 bits per heavy atom. The first-order chi connectivity index (χ1) is 7.75. The number of thiazole rings is 1. The zero-order chi connectivity index (χ0) is 11.4. The van der Waals surface area contributed by atoms with Gasteiger partial charge in [-0.15, -0.1) is 11.3 Å². The number of rotatable bonds is 5. The molecule has 0 aliphatic heterocycles. The SMILES string of the molecule is CC(N)CSCc1csc(-c2ccsc2)n1. The van der Waals surface area contributed by atoms with E-state index in [9.17, 15) is 0 Å². The fourth-order valence-electron chi connectivity index (χ4n) is 1.24. The standard InChI is InChI=1S/C11H14N2S3/c1-8(12)4-15-6-10-7-16-11(13-10)9-2-3-14-5-9/h2-3,5,7-8H,4,6,12H2,1H3.